The van der Waals surface area contributed by atoms with Crippen LogP contribution < -0.4 is 10.1 Å². The van der Waals surface area contributed by atoms with Crippen molar-refractivity contribution in [3.05, 3.63) is 113 Å². The largest absolute Gasteiger partial charge is 0.463 e. The molecule has 162 valence electrons. The van der Waals surface area contributed by atoms with E-state index in [1.54, 1.807) is 6.07 Å². The lowest BCUT2D eigenvalue weighted by molar-refractivity contribution is 0.0828. The molecule has 33 heavy (non-hydrogen) atoms. The second-order valence-electron chi connectivity index (χ2n) is 9.22. The molecule has 0 fully saturated rings. The van der Waals surface area contributed by atoms with Crippen LogP contribution in [0.3, 0.4) is 0 Å². The van der Waals surface area contributed by atoms with Crippen molar-refractivity contribution in [3.63, 3.8) is 0 Å². The van der Waals surface area contributed by atoms with Gasteiger partial charge in [-0.15, -0.1) is 0 Å². The average molecular weight is 435 g/mol. The van der Waals surface area contributed by atoms with Crippen molar-refractivity contribution in [3.8, 4) is 5.75 Å². The van der Waals surface area contributed by atoms with Crippen molar-refractivity contribution in [2.75, 3.05) is 5.32 Å². The fraction of sp³-hybridized carbons (Fsp3) is 0.138. The molecule has 1 unspecified atom stereocenters. The monoisotopic (exact) mass is 435 g/mol. The summed E-state index contributed by atoms with van der Waals surface area (Å²) in [5.74, 6) is 0.203. The van der Waals surface area contributed by atoms with Crippen molar-refractivity contribution in [2.45, 2.75) is 25.0 Å². The lowest BCUT2D eigenvalue weighted by Crippen LogP contribution is -2.53. The number of carbonyl (C=O) groups is 1. The quantitative estimate of drug-likeness (QED) is 0.356. The Morgan fingerprint density at radius 3 is 2.48 bits per heavy atom. The summed E-state index contributed by atoms with van der Waals surface area (Å²) >= 11 is 0. The molecule has 2 heterocycles. The Morgan fingerprint density at radius 1 is 0.909 bits per heavy atom. The first-order valence-corrected chi connectivity index (χ1v) is 11.0. The molecule has 0 radical (unpaired) electrons. The number of ether oxygens (including phenoxy) is 1. The predicted molar refractivity (Wildman–Crippen MR) is 129 cm³/mol. The Morgan fingerprint density at radius 2 is 1.67 bits per heavy atom. The molecule has 4 aromatic rings. The molecule has 1 N–H and O–H groups in total. The van der Waals surface area contributed by atoms with E-state index in [-0.39, 0.29) is 17.0 Å². The third kappa shape index (κ3) is 2.83. The van der Waals surface area contributed by atoms with Crippen LogP contribution in [0.5, 0.6) is 5.75 Å². The standard InChI is InChI=1S/C29H22FNO2/c1-28(2)26-23-6-4-3-5-18(23)9-13-24(26)31-29(28)16-15-20-17-21(10-14-25(20)33-29)27(32)19-7-11-22(30)12-8-19/h3-17,31H,1-2H3. The van der Waals surface area contributed by atoms with E-state index in [1.165, 1.54) is 40.6 Å². The molecule has 3 nitrogen and oxygen atoms in total. The zero-order valence-corrected chi connectivity index (χ0v) is 18.4. The molecule has 2 aliphatic rings. The summed E-state index contributed by atoms with van der Waals surface area (Å²) in [6.45, 7) is 4.39. The van der Waals surface area contributed by atoms with E-state index >= 15 is 0 Å². The summed E-state index contributed by atoms with van der Waals surface area (Å²) < 4.78 is 19.9. The second-order valence-corrected chi connectivity index (χ2v) is 9.22. The third-order valence-electron chi connectivity index (χ3n) is 6.95. The van der Waals surface area contributed by atoms with E-state index in [0.29, 0.717) is 16.9 Å². The number of hydrogen-bond donors (Lipinski definition) is 1. The van der Waals surface area contributed by atoms with E-state index in [1.807, 2.05) is 18.2 Å². The van der Waals surface area contributed by atoms with Gasteiger partial charge in [0.2, 0.25) is 5.72 Å². The molecule has 0 aliphatic carbocycles. The SMILES string of the molecule is CC1(C)c2c(ccc3ccccc23)NC12C=Cc1cc(C(=O)c3ccc(F)cc3)ccc1O2. The van der Waals surface area contributed by atoms with Gasteiger partial charge in [0.1, 0.15) is 11.6 Å². The van der Waals surface area contributed by atoms with Crippen molar-refractivity contribution >= 4 is 28.3 Å². The van der Waals surface area contributed by atoms with Gasteiger partial charge in [-0.1, -0.05) is 30.3 Å². The molecule has 0 saturated carbocycles. The summed E-state index contributed by atoms with van der Waals surface area (Å²) in [5, 5.41) is 6.05. The third-order valence-corrected chi connectivity index (χ3v) is 6.95. The number of hydrogen-bond acceptors (Lipinski definition) is 3. The van der Waals surface area contributed by atoms with Crippen LogP contribution in [0.25, 0.3) is 16.8 Å². The number of fused-ring (bicyclic) bond motifs is 4. The van der Waals surface area contributed by atoms with Gasteiger partial charge < -0.3 is 10.1 Å². The molecule has 6 rings (SSSR count). The lowest BCUT2D eigenvalue weighted by atomic mass is 9.75. The van der Waals surface area contributed by atoms with Gasteiger partial charge >= 0.3 is 0 Å². The van der Waals surface area contributed by atoms with Crippen LogP contribution in [0.15, 0.2) is 84.9 Å². The maximum absolute atomic E-state index is 13.2. The zero-order valence-electron chi connectivity index (χ0n) is 18.4. The molecule has 1 spiro atoms. The topological polar surface area (TPSA) is 38.3 Å². The van der Waals surface area contributed by atoms with Crippen LogP contribution in [0, 0.1) is 5.82 Å². The maximum Gasteiger partial charge on any atom is 0.209 e. The number of carbonyl (C=O) groups excluding carboxylic acids is 1. The summed E-state index contributed by atoms with van der Waals surface area (Å²) in [4.78, 5) is 12.9. The highest BCUT2D eigenvalue weighted by Gasteiger charge is 2.54. The Hall–Kier alpha value is -3.92. The molecule has 0 saturated heterocycles. The fourth-order valence-electron chi connectivity index (χ4n) is 5.09. The minimum absolute atomic E-state index is 0.148. The molecular formula is C29H22FNO2. The van der Waals surface area contributed by atoms with Gasteiger partial charge in [0.05, 0.1) is 5.41 Å². The molecule has 2 aliphatic heterocycles. The van der Waals surface area contributed by atoms with Crippen LogP contribution in [0.2, 0.25) is 0 Å². The van der Waals surface area contributed by atoms with E-state index in [0.717, 1.165) is 11.3 Å². The molecular weight excluding hydrogens is 413 g/mol. The Bertz CT molecular complexity index is 1470. The minimum atomic E-state index is -0.741. The molecule has 0 bridgehead atoms. The van der Waals surface area contributed by atoms with Gasteiger partial charge in [-0.25, -0.2) is 4.39 Å². The zero-order chi connectivity index (χ0) is 22.8. The van der Waals surface area contributed by atoms with Crippen LogP contribution in [0.1, 0.15) is 40.9 Å². The molecule has 0 aromatic heterocycles. The Balaban J connectivity index is 1.38. The number of nitrogens with one attached hydrogen (secondary N) is 1. The highest BCUT2D eigenvalue weighted by atomic mass is 19.1. The number of anilines is 1. The molecule has 0 amide bonds. The first-order chi connectivity index (χ1) is 15.9. The minimum Gasteiger partial charge on any atom is -0.463 e. The normalized spacial score (nSPS) is 19.6. The smallest absolute Gasteiger partial charge is 0.209 e. The van der Waals surface area contributed by atoms with E-state index in [4.69, 9.17) is 4.74 Å². The summed E-state index contributed by atoms with van der Waals surface area (Å²) in [7, 11) is 0. The van der Waals surface area contributed by atoms with Crippen LogP contribution in [-0.4, -0.2) is 11.5 Å². The summed E-state index contributed by atoms with van der Waals surface area (Å²) in [6.07, 6.45) is 4.07. The van der Waals surface area contributed by atoms with Gasteiger partial charge in [-0.3, -0.25) is 4.79 Å². The van der Waals surface area contributed by atoms with Gasteiger partial charge in [-0.05, 0) is 90.9 Å². The van der Waals surface area contributed by atoms with Crippen molar-refractivity contribution in [1.82, 2.24) is 0 Å². The average Bonchev–Trinajstić information content (AvgIpc) is 3.04. The second kappa shape index (κ2) is 6.79. The predicted octanol–water partition coefficient (Wildman–Crippen LogP) is 6.72. The van der Waals surface area contributed by atoms with Crippen molar-refractivity contribution in [2.24, 2.45) is 0 Å². The van der Waals surface area contributed by atoms with E-state index < -0.39 is 5.72 Å². The Kier molecular flexibility index (Phi) is 4.06. The maximum atomic E-state index is 13.2. The first kappa shape index (κ1) is 19.7. The molecule has 4 heteroatoms. The molecule has 4 aromatic carbocycles. The summed E-state index contributed by atoms with van der Waals surface area (Å²) in [6, 6.07) is 23.7. The first-order valence-electron chi connectivity index (χ1n) is 11.0. The number of ketones is 1. The Labute approximate surface area is 191 Å². The highest BCUT2D eigenvalue weighted by Crippen LogP contribution is 2.53. The van der Waals surface area contributed by atoms with Crippen LogP contribution >= 0.6 is 0 Å². The molecule has 1 atom stereocenters. The summed E-state index contributed by atoms with van der Waals surface area (Å²) in [5.41, 5.74) is 3.04. The lowest BCUT2D eigenvalue weighted by Gasteiger charge is -2.41. The van der Waals surface area contributed by atoms with E-state index in [2.05, 4.69) is 61.6 Å². The van der Waals surface area contributed by atoms with Gasteiger partial charge in [0.15, 0.2) is 5.78 Å². The van der Waals surface area contributed by atoms with Crippen LogP contribution in [-0.2, 0) is 5.41 Å². The number of halogens is 1. The van der Waals surface area contributed by atoms with Gasteiger partial charge in [0, 0.05) is 22.4 Å². The van der Waals surface area contributed by atoms with Crippen molar-refractivity contribution in [1.29, 1.82) is 0 Å². The van der Waals surface area contributed by atoms with E-state index in [9.17, 15) is 9.18 Å². The van der Waals surface area contributed by atoms with Gasteiger partial charge in [0.25, 0.3) is 0 Å². The fourth-order valence-corrected chi connectivity index (χ4v) is 5.09. The highest BCUT2D eigenvalue weighted by molar-refractivity contribution is 6.09. The van der Waals surface area contributed by atoms with Crippen molar-refractivity contribution < 1.29 is 13.9 Å². The van der Waals surface area contributed by atoms with Crippen LogP contribution in [0.4, 0.5) is 10.1 Å². The number of rotatable bonds is 2. The van der Waals surface area contributed by atoms with Gasteiger partial charge in [-0.2, -0.15) is 0 Å². The number of benzene rings is 4.